The van der Waals surface area contributed by atoms with Crippen LogP contribution in [0.5, 0.6) is 0 Å². The molecule has 0 unspecified atom stereocenters. The molecule has 0 spiro atoms. The smallest absolute Gasteiger partial charge is 0.408 e. The maximum absolute atomic E-state index is 12.1. The number of ether oxygens (including phenoxy) is 1. The molecule has 8 heteroatoms. The second kappa shape index (κ2) is 9.16. The maximum Gasteiger partial charge on any atom is 0.408 e. The Labute approximate surface area is 163 Å². The van der Waals surface area contributed by atoms with E-state index in [0.717, 1.165) is 11.6 Å². The summed E-state index contributed by atoms with van der Waals surface area (Å²) in [7, 11) is 0. The van der Waals surface area contributed by atoms with E-state index >= 15 is 0 Å². The van der Waals surface area contributed by atoms with Gasteiger partial charge >= 0.3 is 12.1 Å². The average molecular weight is 388 g/mol. The number of carbonyl (C=O) groups is 4. The van der Waals surface area contributed by atoms with Gasteiger partial charge in [0.25, 0.3) is 11.8 Å². The fourth-order valence-corrected chi connectivity index (χ4v) is 2.47. The minimum atomic E-state index is -0.882. The van der Waals surface area contributed by atoms with Crippen LogP contribution in [-0.4, -0.2) is 40.6 Å². The molecule has 0 radical (unpaired) electrons. The Kier molecular flexibility index (Phi) is 6.92. The molecule has 1 atom stereocenters. The van der Waals surface area contributed by atoms with Gasteiger partial charge in [0, 0.05) is 18.9 Å². The number of hydrogen-bond donors (Lipinski definition) is 1. The van der Waals surface area contributed by atoms with Gasteiger partial charge in [-0.3, -0.25) is 9.59 Å². The molecule has 1 fully saturated rings. The second-order valence-electron chi connectivity index (χ2n) is 7.29. The van der Waals surface area contributed by atoms with Crippen molar-refractivity contribution in [2.24, 2.45) is 0 Å². The minimum absolute atomic E-state index is 0.0205. The van der Waals surface area contributed by atoms with Gasteiger partial charge in [0.1, 0.15) is 5.60 Å². The lowest BCUT2D eigenvalue weighted by atomic mass is 10.1. The Balaban J connectivity index is 2.03. The van der Waals surface area contributed by atoms with Gasteiger partial charge in [0.2, 0.25) is 0 Å². The molecule has 0 aromatic heterocycles. The number of rotatable bonds is 6. The molecule has 8 nitrogen and oxygen atoms in total. The minimum Gasteiger partial charge on any atom is -0.444 e. The Morgan fingerprint density at radius 1 is 1.14 bits per heavy atom. The van der Waals surface area contributed by atoms with E-state index in [-0.39, 0.29) is 12.8 Å². The van der Waals surface area contributed by atoms with Crippen molar-refractivity contribution in [2.45, 2.75) is 51.7 Å². The van der Waals surface area contributed by atoms with E-state index in [4.69, 9.17) is 9.57 Å². The summed E-state index contributed by atoms with van der Waals surface area (Å²) in [6.45, 7) is 5.24. The van der Waals surface area contributed by atoms with Crippen LogP contribution >= 0.6 is 0 Å². The van der Waals surface area contributed by atoms with Crippen molar-refractivity contribution >= 4 is 23.9 Å². The molecule has 1 aromatic carbocycles. The highest BCUT2D eigenvalue weighted by Crippen LogP contribution is 2.13. The molecule has 1 aromatic rings. The van der Waals surface area contributed by atoms with Crippen LogP contribution in [0.25, 0.3) is 0 Å². The summed E-state index contributed by atoms with van der Waals surface area (Å²) in [5.41, 5.74) is 0.270. The SMILES string of the molecule is CC(C)(C)OC(=O)N[C@@H](/C=C/C(=O)ON1C(=O)CCC1=O)Cc1ccccc1. The van der Waals surface area contributed by atoms with Gasteiger partial charge in [0.05, 0.1) is 6.04 Å². The molecule has 3 amide bonds. The molecule has 1 aliphatic rings. The molecule has 28 heavy (non-hydrogen) atoms. The number of nitrogens with zero attached hydrogens (tertiary/aromatic N) is 1. The van der Waals surface area contributed by atoms with Gasteiger partial charge in [-0.05, 0) is 32.8 Å². The van der Waals surface area contributed by atoms with Crippen molar-refractivity contribution in [3.8, 4) is 0 Å². The first-order valence-corrected chi connectivity index (χ1v) is 8.93. The highest BCUT2D eigenvalue weighted by atomic mass is 16.7. The molecular formula is C20H24N2O6. The quantitative estimate of drug-likeness (QED) is 0.593. The lowest BCUT2D eigenvalue weighted by Crippen LogP contribution is -2.39. The third-order valence-corrected chi connectivity index (χ3v) is 3.65. The number of nitrogens with one attached hydrogen (secondary N) is 1. The highest BCUT2D eigenvalue weighted by Gasteiger charge is 2.32. The predicted molar refractivity (Wildman–Crippen MR) is 99.6 cm³/mol. The zero-order chi connectivity index (χ0) is 20.7. The number of amides is 3. The third-order valence-electron chi connectivity index (χ3n) is 3.65. The largest absolute Gasteiger partial charge is 0.444 e. The number of hydroxylamine groups is 2. The van der Waals surface area contributed by atoms with Crippen molar-refractivity contribution in [1.82, 2.24) is 10.4 Å². The molecule has 150 valence electrons. The second-order valence-corrected chi connectivity index (χ2v) is 7.29. The molecule has 0 bridgehead atoms. The van der Waals surface area contributed by atoms with Gasteiger partial charge in [-0.15, -0.1) is 5.06 Å². The number of hydrogen-bond acceptors (Lipinski definition) is 6. The van der Waals surface area contributed by atoms with Gasteiger partial charge in [-0.25, -0.2) is 9.59 Å². The van der Waals surface area contributed by atoms with E-state index in [0.29, 0.717) is 11.5 Å². The molecule has 1 N–H and O–H groups in total. The van der Waals surface area contributed by atoms with Crippen molar-refractivity contribution in [3.63, 3.8) is 0 Å². The van der Waals surface area contributed by atoms with E-state index < -0.39 is 35.5 Å². The fraction of sp³-hybridized carbons (Fsp3) is 0.400. The first-order valence-electron chi connectivity index (χ1n) is 8.93. The van der Waals surface area contributed by atoms with Crippen LogP contribution in [0.15, 0.2) is 42.5 Å². The van der Waals surface area contributed by atoms with E-state index in [1.807, 2.05) is 30.3 Å². The van der Waals surface area contributed by atoms with Gasteiger partial charge in [0.15, 0.2) is 0 Å². The van der Waals surface area contributed by atoms with Crippen LogP contribution in [0.3, 0.4) is 0 Å². The first-order chi connectivity index (χ1) is 13.1. The summed E-state index contributed by atoms with van der Waals surface area (Å²) in [6, 6.07) is 8.81. The number of alkyl carbamates (subject to hydrolysis) is 1. The summed E-state index contributed by atoms with van der Waals surface area (Å²) < 4.78 is 5.25. The summed E-state index contributed by atoms with van der Waals surface area (Å²) in [5.74, 6) is -1.99. The van der Waals surface area contributed by atoms with E-state index in [2.05, 4.69) is 5.32 Å². The zero-order valence-corrected chi connectivity index (χ0v) is 16.1. The van der Waals surface area contributed by atoms with Crippen LogP contribution < -0.4 is 5.32 Å². The fourth-order valence-electron chi connectivity index (χ4n) is 2.47. The van der Waals surface area contributed by atoms with Gasteiger partial charge in [-0.1, -0.05) is 36.4 Å². The Morgan fingerprint density at radius 2 is 1.75 bits per heavy atom. The van der Waals surface area contributed by atoms with Crippen molar-refractivity contribution in [1.29, 1.82) is 0 Å². The van der Waals surface area contributed by atoms with Gasteiger partial charge in [-0.2, -0.15) is 0 Å². The van der Waals surface area contributed by atoms with E-state index in [1.54, 1.807) is 20.8 Å². The molecule has 2 rings (SSSR count). The van der Waals surface area contributed by atoms with Crippen LogP contribution in [0.4, 0.5) is 4.79 Å². The molecular weight excluding hydrogens is 364 g/mol. The molecule has 1 saturated heterocycles. The zero-order valence-electron chi connectivity index (χ0n) is 16.1. The van der Waals surface area contributed by atoms with Crippen molar-refractivity contribution in [2.75, 3.05) is 0 Å². The summed E-state index contributed by atoms with van der Waals surface area (Å²) in [5, 5.41) is 3.16. The molecule has 0 saturated carbocycles. The topological polar surface area (TPSA) is 102 Å². The van der Waals surface area contributed by atoms with Crippen LogP contribution in [0.1, 0.15) is 39.2 Å². The monoisotopic (exact) mass is 388 g/mol. The van der Waals surface area contributed by atoms with Gasteiger partial charge < -0.3 is 14.9 Å². The molecule has 1 aliphatic heterocycles. The summed E-state index contributed by atoms with van der Waals surface area (Å²) >= 11 is 0. The first kappa shape index (κ1) is 21.1. The number of carbonyl (C=O) groups excluding carboxylic acids is 4. The number of imide groups is 1. The average Bonchev–Trinajstić information content (AvgIpc) is 2.91. The highest BCUT2D eigenvalue weighted by molar-refractivity contribution is 6.02. The van der Waals surface area contributed by atoms with E-state index in [9.17, 15) is 19.2 Å². The molecule has 1 heterocycles. The van der Waals surface area contributed by atoms with Crippen LogP contribution in [-0.2, 0) is 30.4 Å². The standard InChI is InChI=1S/C20H24N2O6/c1-20(2,3)27-19(26)21-15(13-14-7-5-4-6-8-14)9-12-18(25)28-22-16(23)10-11-17(22)24/h4-9,12,15H,10-11,13H2,1-3H3,(H,21,26)/b12-9+/t15-/m0/s1. The Morgan fingerprint density at radius 3 is 2.32 bits per heavy atom. The van der Waals surface area contributed by atoms with E-state index in [1.165, 1.54) is 6.08 Å². The van der Waals surface area contributed by atoms with Crippen molar-refractivity contribution < 1.29 is 28.8 Å². The summed E-state index contributed by atoms with van der Waals surface area (Å²) in [6.07, 6.45) is 2.33. The van der Waals surface area contributed by atoms with Crippen LogP contribution in [0, 0.1) is 0 Å². The Bertz CT molecular complexity index is 751. The number of benzene rings is 1. The maximum atomic E-state index is 12.1. The normalized spacial score (nSPS) is 15.6. The van der Waals surface area contributed by atoms with Crippen molar-refractivity contribution in [3.05, 3.63) is 48.0 Å². The summed E-state index contributed by atoms with van der Waals surface area (Å²) in [4.78, 5) is 51.9. The lowest BCUT2D eigenvalue weighted by Gasteiger charge is -2.22. The Hall–Kier alpha value is -3.16. The lowest BCUT2D eigenvalue weighted by molar-refractivity contribution is -0.193. The predicted octanol–water partition coefficient (Wildman–Crippen LogP) is 2.29. The molecule has 0 aliphatic carbocycles. The third kappa shape index (κ3) is 6.86. The van der Waals surface area contributed by atoms with Crippen LogP contribution in [0.2, 0.25) is 0 Å².